The van der Waals surface area contributed by atoms with Crippen LogP contribution in [0.4, 0.5) is 0 Å². The monoisotopic (exact) mass is 355 g/mol. The zero-order valence-corrected chi connectivity index (χ0v) is 14.9. The largest absolute Gasteiger partial charge is 0.393 e. The van der Waals surface area contributed by atoms with Gasteiger partial charge in [0.05, 0.1) is 18.3 Å². The molecule has 9 nitrogen and oxygen atoms in total. The second-order valence-corrected chi connectivity index (χ2v) is 6.98. The van der Waals surface area contributed by atoms with Gasteiger partial charge in [-0.3, -0.25) is 13.9 Å². The number of aliphatic hydroxyl groups is 1. The van der Waals surface area contributed by atoms with Crippen LogP contribution < -0.4 is 5.32 Å². The van der Waals surface area contributed by atoms with Crippen molar-refractivity contribution < 1.29 is 9.90 Å². The summed E-state index contributed by atoms with van der Waals surface area (Å²) < 4.78 is 3.35. The number of nitrogens with one attached hydrogen (secondary N) is 1. The highest BCUT2D eigenvalue weighted by Gasteiger charge is 2.37. The van der Waals surface area contributed by atoms with Crippen molar-refractivity contribution in [1.82, 2.24) is 34.7 Å². The topological polar surface area (TPSA) is 110 Å². The quantitative estimate of drug-likeness (QED) is 0.713. The van der Waals surface area contributed by atoms with Gasteiger partial charge in [0.25, 0.3) is 11.7 Å². The Kier molecular flexibility index (Phi) is 3.95. The molecular formula is C17H21N7O2. The first-order valence-corrected chi connectivity index (χ1v) is 8.59. The van der Waals surface area contributed by atoms with E-state index >= 15 is 0 Å². The maximum absolute atomic E-state index is 12.9. The first-order chi connectivity index (χ1) is 12.4. The van der Waals surface area contributed by atoms with Crippen LogP contribution in [-0.2, 0) is 7.05 Å². The van der Waals surface area contributed by atoms with E-state index in [0.717, 1.165) is 17.0 Å². The van der Waals surface area contributed by atoms with Gasteiger partial charge < -0.3 is 10.4 Å². The van der Waals surface area contributed by atoms with Crippen LogP contribution in [0.1, 0.15) is 46.5 Å². The molecule has 1 fully saturated rings. The van der Waals surface area contributed by atoms with Gasteiger partial charge in [-0.05, 0) is 38.7 Å². The highest BCUT2D eigenvalue weighted by atomic mass is 16.3. The maximum atomic E-state index is 12.9. The van der Waals surface area contributed by atoms with Crippen molar-refractivity contribution in [1.29, 1.82) is 0 Å². The Balaban J connectivity index is 1.65. The van der Waals surface area contributed by atoms with E-state index in [1.165, 1.54) is 0 Å². The summed E-state index contributed by atoms with van der Waals surface area (Å²) in [6, 6.07) is 1.65. The van der Waals surface area contributed by atoms with E-state index in [-0.39, 0.29) is 29.8 Å². The van der Waals surface area contributed by atoms with Gasteiger partial charge in [0.1, 0.15) is 0 Å². The van der Waals surface area contributed by atoms with E-state index in [4.69, 9.17) is 0 Å². The lowest BCUT2D eigenvalue weighted by Crippen LogP contribution is -2.41. The highest BCUT2D eigenvalue weighted by Crippen LogP contribution is 2.38. The van der Waals surface area contributed by atoms with Gasteiger partial charge in [-0.2, -0.15) is 5.10 Å². The molecule has 0 bridgehead atoms. The molecule has 3 heterocycles. The van der Waals surface area contributed by atoms with Gasteiger partial charge in [-0.15, -0.1) is 10.2 Å². The second-order valence-electron chi connectivity index (χ2n) is 6.98. The summed E-state index contributed by atoms with van der Waals surface area (Å²) in [7, 11) is 1.83. The van der Waals surface area contributed by atoms with Gasteiger partial charge in [0.15, 0.2) is 0 Å². The number of hydrogen-bond acceptors (Lipinski definition) is 6. The molecule has 0 aliphatic heterocycles. The van der Waals surface area contributed by atoms with Gasteiger partial charge in [-0.25, -0.2) is 4.98 Å². The number of hydrogen-bond donors (Lipinski definition) is 2. The Morgan fingerprint density at radius 2 is 2.12 bits per heavy atom. The minimum Gasteiger partial charge on any atom is -0.393 e. The molecule has 9 heteroatoms. The maximum Gasteiger partial charge on any atom is 0.290 e. The standard InChI is InChI=1S/C17H21N7O2/c1-9-4-10(2)24-15(21-22-17(24)19-9)16(26)20-14(11-5-13(25)6-11)12-7-18-23(3)8-12/h4,7-8,11,13-14,25H,5-6H2,1-3H3,(H,20,26)/t11?,13?,14-/m1/s1. The van der Waals surface area contributed by atoms with Gasteiger partial charge in [-0.1, -0.05) is 0 Å². The van der Waals surface area contributed by atoms with Crippen molar-refractivity contribution in [2.75, 3.05) is 0 Å². The van der Waals surface area contributed by atoms with E-state index in [2.05, 4.69) is 25.6 Å². The molecule has 1 atom stereocenters. The van der Waals surface area contributed by atoms with E-state index in [1.54, 1.807) is 15.3 Å². The molecule has 136 valence electrons. The number of aryl methyl sites for hydroxylation is 3. The molecule has 26 heavy (non-hydrogen) atoms. The summed E-state index contributed by atoms with van der Waals surface area (Å²) in [5.41, 5.74) is 2.59. The molecule has 1 amide bonds. The zero-order chi connectivity index (χ0) is 18.4. The van der Waals surface area contributed by atoms with E-state index < -0.39 is 0 Å². The molecule has 4 rings (SSSR count). The fourth-order valence-electron chi connectivity index (χ4n) is 3.56. The number of rotatable bonds is 4. The van der Waals surface area contributed by atoms with Gasteiger partial charge in [0.2, 0.25) is 5.82 Å². The van der Waals surface area contributed by atoms with Crippen molar-refractivity contribution in [3.63, 3.8) is 0 Å². The summed E-state index contributed by atoms with van der Waals surface area (Å²) in [6.07, 6.45) is 4.63. The Morgan fingerprint density at radius 1 is 1.35 bits per heavy atom. The Morgan fingerprint density at radius 3 is 2.77 bits per heavy atom. The van der Waals surface area contributed by atoms with Crippen molar-refractivity contribution in [3.05, 3.63) is 41.2 Å². The van der Waals surface area contributed by atoms with Crippen LogP contribution in [0.3, 0.4) is 0 Å². The van der Waals surface area contributed by atoms with E-state index in [1.807, 2.05) is 33.2 Å². The van der Waals surface area contributed by atoms with Crippen LogP contribution in [0.5, 0.6) is 0 Å². The fraction of sp³-hybridized carbons (Fsp3) is 0.471. The predicted molar refractivity (Wildman–Crippen MR) is 92.4 cm³/mol. The number of carbonyl (C=O) groups is 1. The third-order valence-corrected chi connectivity index (χ3v) is 4.89. The normalized spacial score (nSPS) is 20.8. The van der Waals surface area contributed by atoms with Gasteiger partial charge in [0, 0.05) is 30.2 Å². The summed E-state index contributed by atoms with van der Waals surface area (Å²) >= 11 is 0. The first-order valence-electron chi connectivity index (χ1n) is 8.59. The summed E-state index contributed by atoms with van der Waals surface area (Å²) in [5, 5.41) is 25.0. The number of fused-ring (bicyclic) bond motifs is 1. The number of carbonyl (C=O) groups excluding carboxylic acids is 1. The van der Waals surface area contributed by atoms with E-state index in [9.17, 15) is 9.90 Å². The van der Waals surface area contributed by atoms with Crippen molar-refractivity contribution in [3.8, 4) is 0 Å². The Labute approximate surface area is 150 Å². The second kappa shape index (κ2) is 6.17. The smallest absolute Gasteiger partial charge is 0.290 e. The number of aliphatic hydroxyl groups excluding tert-OH is 1. The molecule has 3 aromatic rings. The van der Waals surface area contributed by atoms with Crippen LogP contribution in [0.25, 0.3) is 5.78 Å². The Bertz CT molecular complexity index is 971. The van der Waals surface area contributed by atoms with Crippen LogP contribution in [0, 0.1) is 19.8 Å². The van der Waals surface area contributed by atoms with Crippen molar-refractivity contribution in [2.24, 2.45) is 13.0 Å². The fourth-order valence-corrected chi connectivity index (χ4v) is 3.56. The molecule has 0 radical (unpaired) electrons. The lowest BCUT2D eigenvalue weighted by molar-refractivity contribution is 0.0234. The summed E-state index contributed by atoms with van der Waals surface area (Å²) in [4.78, 5) is 17.2. The molecular weight excluding hydrogens is 334 g/mol. The molecule has 0 unspecified atom stereocenters. The molecule has 2 N–H and O–H groups in total. The number of nitrogens with zero attached hydrogens (tertiary/aromatic N) is 6. The Hall–Kier alpha value is -2.81. The lowest BCUT2D eigenvalue weighted by atomic mass is 9.75. The molecule has 3 aromatic heterocycles. The molecule has 0 spiro atoms. The molecule has 1 aliphatic carbocycles. The third-order valence-electron chi connectivity index (χ3n) is 4.89. The number of aromatic nitrogens is 6. The predicted octanol–water partition coefficient (Wildman–Crippen LogP) is 0.717. The average molecular weight is 355 g/mol. The average Bonchev–Trinajstić information content (AvgIpc) is 3.16. The minimum atomic E-state index is -0.318. The van der Waals surface area contributed by atoms with Crippen LogP contribution in [0.15, 0.2) is 18.5 Å². The molecule has 1 saturated carbocycles. The van der Waals surface area contributed by atoms with Gasteiger partial charge >= 0.3 is 0 Å². The number of amides is 1. The van der Waals surface area contributed by atoms with Crippen molar-refractivity contribution in [2.45, 2.75) is 38.8 Å². The third kappa shape index (κ3) is 2.84. The van der Waals surface area contributed by atoms with Crippen LogP contribution in [-0.4, -0.2) is 46.5 Å². The van der Waals surface area contributed by atoms with Crippen LogP contribution >= 0.6 is 0 Å². The molecule has 1 aliphatic rings. The summed E-state index contributed by atoms with van der Waals surface area (Å²) in [6.45, 7) is 3.77. The summed E-state index contributed by atoms with van der Waals surface area (Å²) in [5.74, 6) is 0.462. The van der Waals surface area contributed by atoms with E-state index in [0.29, 0.717) is 18.6 Å². The van der Waals surface area contributed by atoms with Crippen LogP contribution in [0.2, 0.25) is 0 Å². The van der Waals surface area contributed by atoms with Crippen molar-refractivity contribution >= 4 is 11.7 Å². The zero-order valence-electron chi connectivity index (χ0n) is 14.9. The first kappa shape index (κ1) is 16.6. The molecule has 0 aromatic carbocycles. The lowest BCUT2D eigenvalue weighted by Gasteiger charge is -2.37. The molecule has 0 saturated heterocycles. The SMILES string of the molecule is Cc1cc(C)n2c(C(=O)N[C@@H](c3cnn(C)c3)C3CC(O)C3)nnc2n1. The highest BCUT2D eigenvalue weighted by molar-refractivity contribution is 5.91. The minimum absolute atomic E-state index is 0.166.